The van der Waals surface area contributed by atoms with Crippen molar-refractivity contribution in [3.05, 3.63) is 54.1 Å². The molecule has 0 bridgehead atoms. The van der Waals surface area contributed by atoms with E-state index in [1.165, 1.54) is 5.56 Å². The minimum atomic E-state index is 0.0898. The fourth-order valence-electron chi connectivity index (χ4n) is 3.71. The minimum Gasteiger partial charge on any atom is -0.396 e. The molecular weight excluding hydrogens is 298 g/mol. The number of likely N-dealkylation sites (tertiary alicyclic amines) is 1. The van der Waals surface area contributed by atoms with Gasteiger partial charge in [-0.3, -0.25) is 4.90 Å². The van der Waals surface area contributed by atoms with Gasteiger partial charge < -0.3 is 9.67 Å². The molecule has 1 saturated heterocycles. The molecule has 1 fully saturated rings. The van der Waals surface area contributed by atoms with Gasteiger partial charge in [-0.1, -0.05) is 30.3 Å². The van der Waals surface area contributed by atoms with Crippen LogP contribution in [0.3, 0.4) is 0 Å². The van der Waals surface area contributed by atoms with Crippen molar-refractivity contribution in [3.63, 3.8) is 0 Å². The smallest absolute Gasteiger partial charge is 0.122 e. The van der Waals surface area contributed by atoms with Crippen LogP contribution in [0.2, 0.25) is 0 Å². The van der Waals surface area contributed by atoms with E-state index in [-0.39, 0.29) is 5.41 Å². The Labute approximate surface area is 145 Å². The highest BCUT2D eigenvalue weighted by atomic mass is 16.3. The van der Waals surface area contributed by atoms with Gasteiger partial charge in [0.25, 0.3) is 0 Å². The summed E-state index contributed by atoms with van der Waals surface area (Å²) >= 11 is 0. The zero-order valence-electron chi connectivity index (χ0n) is 14.7. The van der Waals surface area contributed by atoms with Crippen LogP contribution in [0.15, 0.2) is 42.7 Å². The SMILES string of the molecule is CCn1ccnc1CN1CCC(CO)(CCc2ccccc2)CC1. The highest BCUT2D eigenvalue weighted by Crippen LogP contribution is 2.36. The van der Waals surface area contributed by atoms with Gasteiger partial charge in [-0.05, 0) is 56.7 Å². The lowest BCUT2D eigenvalue weighted by Crippen LogP contribution is -2.42. The number of imidazole rings is 1. The third kappa shape index (κ3) is 4.05. The van der Waals surface area contributed by atoms with Crippen LogP contribution in [0.5, 0.6) is 0 Å². The lowest BCUT2D eigenvalue weighted by atomic mass is 9.75. The molecular formula is C20H29N3O. The molecule has 0 spiro atoms. The van der Waals surface area contributed by atoms with Gasteiger partial charge in [-0.25, -0.2) is 4.98 Å². The van der Waals surface area contributed by atoms with Crippen LogP contribution in [0.1, 0.15) is 37.6 Å². The van der Waals surface area contributed by atoms with Crippen molar-refractivity contribution >= 4 is 0 Å². The molecule has 0 saturated carbocycles. The van der Waals surface area contributed by atoms with Crippen LogP contribution in [-0.4, -0.2) is 39.3 Å². The average molecular weight is 327 g/mol. The van der Waals surface area contributed by atoms with E-state index in [0.717, 1.165) is 57.7 Å². The van der Waals surface area contributed by atoms with Crippen LogP contribution in [0.25, 0.3) is 0 Å². The Bertz CT molecular complexity index is 615. The second kappa shape index (κ2) is 7.95. The second-order valence-corrected chi connectivity index (χ2v) is 7.05. The summed E-state index contributed by atoms with van der Waals surface area (Å²) < 4.78 is 2.21. The van der Waals surface area contributed by atoms with Gasteiger partial charge in [-0.2, -0.15) is 0 Å². The minimum absolute atomic E-state index is 0.0898. The van der Waals surface area contributed by atoms with E-state index >= 15 is 0 Å². The molecule has 0 aliphatic carbocycles. The van der Waals surface area contributed by atoms with Crippen molar-refractivity contribution in [1.82, 2.24) is 14.5 Å². The molecule has 24 heavy (non-hydrogen) atoms. The van der Waals surface area contributed by atoms with Crippen molar-refractivity contribution in [2.45, 2.75) is 45.7 Å². The Morgan fingerprint density at radius 3 is 2.58 bits per heavy atom. The highest BCUT2D eigenvalue weighted by Gasteiger charge is 2.33. The second-order valence-electron chi connectivity index (χ2n) is 7.05. The summed E-state index contributed by atoms with van der Waals surface area (Å²) in [5.74, 6) is 1.15. The van der Waals surface area contributed by atoms with E-state index in [0.29, 0.717) is 6.61 Å². The van der Waals surface area contributed by atoms with Gasteiger partial charge in [0.2, 0.25) is 0 Å². The number of hydrogen-bond acceptors (Lipinski definition) is 3. The molecule has 1 N–H and O–H groups in total. The zero-order valence-corrected chi connectivity index (χ0v) is 14.7. The number of rotatable bonds is 7. The molecule has 4 nitrogen and oxygen atoms in total. The maximum atomic E-state index is 10.0. The van der Waals surface area contributed by atoms with Crippen LogP contribution in [-0.2, 0) is 19.5 Å². The standard InChI is InChI=1S/C20H29N3O/c1-2-23-15-12-21-19(23)16-22-13-10-20(17-24,11-14-22)9-8-18-6-4-3-5-7-18/h3-7,12,15,24H,2,8-11,13-14,16-17H2,1H3. The molecule has 2 aromatic rings. The number of aryl methyl sites for hydroxylation is 2. The van der Waals surface area contributed by atoms with E-state index in [1.807, 2.05) is 6.20 Å². The first kappa shape index (κ1) is 17.2. The number of hydrogen-bond donors (Lipinski definition) is 1. The fraction of sp³-hybridized carbons (Fsp3) is 0.550. The summed E-state index contributed by atoms with van der Waals surface area (Å²) in [6, 6.07) is 10.6. The topological polar surface area (TPSA) is 41.3 Å². The van der Waals surface area contributed by atoms with Gasteiger partial charge in [-0.15, -0.1) is 0 Å². The molecule has 0 atom stereocenters. The zero-order chi connectivity index (χ0) is 16.8. The highest BCUT2D eigenvalue weighted by molar-refractivity contribution is 5.15. The Morgan fingerprint density at radius 2 is 1.92 bits per heavy atom. The summed E-state index contributed by atoms with van der Waals surface area (Å²) in [6.07, 6.45) is 8.22. The predicted molar refractivity (Wildman–Crippen MR) is 96.7 cm³/mol. The lowest BCUT2D eigenvalue weighted by molar-refractivity contribution is 0.0335. The number of aromatic nitrogens is 2. The van der Waals surface area contributed by atoms with Gasteiger partial charge >= 0.3 is 0 Å². The van der Waals surface area contributed by atoms with E-state index in [4.69, 9.17) is 0 Å². The van der Waals surface area contributed by atoms with Crippen molar-refractivity contribution in [1.29, 1.82) is 0 Å². The predicted octanol–water partition coefficient (Wildman–Crippen LogP) is 3.11. The van der Waals surface area contributed by atoms with Gasteiger partial charge in [0, 0.05) is 25.5 Å². The van der Waals surface area contributed by atoms with E-state index in [9.17, 15) is 5.11 Å². The Balaban J connectivity index is 1.53. The molecule has 3 rings (SSSR count). The molecule has 1 aromatic carbocycles. The lowest BCUT2D eigenvalue weighted by Gasteiger charge is -2.41. The molecule has 130 valence electrons. The molecule has 2 heterocycles. The first-order chi connectivity index (χ1) is 11.7. The Morgan fingerprint density at radius 1 is 1.17 bits per heavy atom. The van der Waals surface area contributed by atoms with Crippen LogP contribution < -0.4 is 0 Å². The molecule has 0 amide bonds. The maximum absolute atomic E-state index is 10.0. The number of benzene rings is 1. The first-order valence-corrected chi connectivity index (χ1v) is 9.12. The Kier molecular flexibility index (Phi) is 5.69. The Hall–Kier alpha value is -1.65. The summed E-state index contributed by atoms with van der Waals surface area (Å²) in [5, 5.41) is 10.0. The summed E-state index contributed by atoms with van der Waals surface area (Å²) in [6.45, 7) is 6.44. The van der Waals surface area contributed by atoms with Gasteiger partial charge in [0.15, 0.2) is 0 Å². The summed E-state index contributed by atoms with van der Waals surface area (Å²) in [5.41, 5.74) is 1.46. The third-order valence-electron chi connectivity index (χ3n) is 5.55. The van der Waals surface area contributed by atoms with Gasteiger partial charge in [0.1, 0.15) is 5.82 Å². The first-order valence-electron chi connectivity index (χ1n) is 9.12. The maximum Gasteiger partial charge on any atom is 0.122 e. The van der Waals surface area contributed by atoms with E-state index in [1.54, 1.807) is 0 Å². The molecule has 0 unspecified atom stereocenters. The molecule has 1 aliphatic rings. The largest absolute Gasteiger partial charge is 0.396 e. The van der Waals surface area contributed by atoms with Crippen LogP contribution in [0, 0.1) is 5.41 Å². The van der Waals surface area contributed by atoms with E-state index < -0.39 is 0 Å². The fourth-order valence-corrected chi connectivity index (χ4v) is 3.71. The van der Waals surface area contributed by atoms with Crippen molar-refractivity contribution in [3.8, 4) is 0 Å². The van der Waals surface area contributed by atoms with Gasteiger partial charge in [0.05, 0.1) is 6.54 Å². The molecule has 4 heteroatoms. The quantitative estimate of drug-likeness (QED) is 0.849. The normalized spacial score (nSPS) is 17.9. The van der Waals surface area contributed by atoms with Crippen molar-refractivity contribution in [2.75, 3.05) is 19.7 Å². The number of nitrogens with zero attached hydrogens (tertiary/aromatic N) is 3. The number of piperidine rings is 1. The molecule has 0 radical (unpaired) electrons. The van der Waals surface area contributed by atoms with Crippen LogP contribution >= 0.6 is 0 Å². The monoisotopic (exact) mass is 327 g/mol. The molecule has 1 aromatic heterocycles. The van der Waals surface area contributed by atoms with Crippen molar-refractivity contribution in [2.24, 2.45) is 5.41 Å². The molecule has 1 aliphatic heterocycles. The number of aliphatic hydroxyl groups excluding tert-OH is 1. The third-order valence-corrected chi connectivity index (χ3v) is 5.55. The van der Waals surface area contributed by atoms with Crippen molar-refractivity contribution < 1.29 is 5.11 Å². The van der Waals surface area contributed by atoms with Crippen LogP contribution in [0.4, 0.5) is 0 Å². The average Bonchev–Trinajstić information content (AvgIpc) is 3.09. The summed E-state index contributed by atoms with van der Waals surface area (Å²) in [4.78, 5) is 6.96. The number of aliphatic hydroxyl groups is 1. The van der Waals surface area contributed by atoms with E-state index in [2.05, 4.69) is 57.9 Å². The summed E-state index contributed by atoms with van der Waals surface area (Å²) in [7, 11) is 0.